The van der Waals surface area contributed by atoms with Crippen molar-refractivity contribution in [2.24, 2.45) is 0 Å². The number of hydrogen-bond acceptors (Lipinski definition) is 5. The van der Waals surface area contributed by atoms with Crippen LogP contribution in [0.2, 0.25) is 0 Å². The normalized spacial score (nSPS) is 16.6. The van der Waals surface area contributed by atoms with Gasteiger partial charge in [-0.25, -0.2) is 9.78 Å². The lowest BCUT2D eigenvalue weighted by Crippen LogP contribution is -2.47. The van der Waals surface area contributed by atoms with Gasteiger partial charge in [0.05, 0.1) is 17.3 Å². The molecular weight excluding hydrogens is 385 g/mol. The molecule has 0 unspecified atom stereocenters. The van der Waals surface area contributed by atoms with Gasteiger partial charge in [-0.05, 0) is 57.2 Å². The third kappa shape index (κ3) is 5.30. The summed E-state index contributed by atoms with van der Waals surface area (Å²) in [6, 6.07) is 8.36. The van der Waals surface area contributed by atoms with Gasteiger partial charge in [-0.15, -0.1) is 0 Å². The Morgan fingerprint density at radius 1 is 1.24 bits per heavy atom. The highest BCUT2D eigenvalue weighted by Crippen LogP contribution is 2.36. The minimum atomic E-state index is -4.39. The molecule has 1 aliphatic heterocycles. The molecule has 156 valence electrons. The van der Waals surface area contributed by atoms with E-state index in [-0.39, 0.29) is 12.6 Å². The van der Waals surface area contributed by atoms with E-state index in [0.717, 1.165) is 17.8 Å². The highest BCUT2D eigenvalue weighted by molar-refractivity contribution is 5.76. The quantitative estimate of drug-likeness (QED) is 0.780. The molecule has 0 bridgehead atoms. The molecule has 1 amide bonds. The molecule has 1 aliphatic rings. The van der Waals surface area contributed by atoms with Crippen molar-refractivity contribution in [3.8, 4) is 0 Å². The lowest BCUT2D eigenvalue weighted by Gasteiger charge is -2.36. The van der Waals surface area contributed by atoms with E-state index in [2.05, 4.69) is 15.6 Å². The Labute approximate surface area is 167 Å². The largest absolute Gasteiger partial charge is 0.444 e. The Morgan fingerprint density at radius 2 is 1.93 bits per heavy atom. The molecule has 1 aromatic heterocycles. The second-order valence-electron chi connectivity index (χ2n) is 7.75. The number of halogens is 3. The molecule has 2 aromatic rings. The van der Waals surface area contributed by atoms with Crippen LogP contribution in [0.5, 0.6) is 0 Å². The van der Waals surface area contributed by atoms with Crippen LogP contribution in [0.4, 0.5) is 35.2 Å². The number of nitrogens with zero attached hydrogens (tertiary/aromatic N) is 2. The smallest absolute Gasteiger partial charge is 0.416 e. The van der Waals surface area contributed by atoms with Crippen LogP contribution >= 0.6 is 0 Å². The van der Waals surface area contributed by atoms with Gasteiger partial charge in [0.25, 0.3) is 0 Å². The first-order valence-corrected chi connectivity index (χ1v) is 9.16. The molecule has 3 rings (SSSR count). The van der Waals surface area contributed by atoms with Gasteiger partial charge in [0.15, 0.2) is 0 Å². The second-order valence-corrected chi connectivity index (χ2v) is 7.75. The Morgan fingerprint density at radius 3 is 2.55 bits per heavy atom. The highest BCUT2D eigenvalue weighted by Gasteiger charge is 2.31. The summed E-state index contributed by atoms with van der Waals surface area (Å²) < 4.78 is 43.9. The zero-order valence-electron chi connectivity index (χ0n) is 16.4. The molecule has 6 nitrogen and oxygen atoms in total. The summed E-state index contributed by atoms with van der Waals surface area (Å²) in [5, 5.41) is 5.96. The first kappa shape index (κ1) is 20.8. The molecule has 0 saturated carbocycles. The van der Waals surface area contributed by atoms with E-state index in [0.29, 0.717) is 18.1 Å². The summed E-state index contributed by atoms with van der Waals surface area (Å²) in [5.41, 5.74) is 0.0487. The number of ether oxygens (including phenoxy) is 1. The van der Waals surface area contributed by atoms with Crippen LogP contribution in [0.1, 0.15) is 26.3 Å². The number of aromatic nitrogens is 1. The average Bonchev–Trinajstić information content (AvgIpc) is 2.64. The maximum atomic E-state index is 12.9. The van der Waals surface area contributed by atoms with Crippen LogP contribution < -0.4 is 15.5 Å². The van der Waals surface area contributed by atoms with Crippen molar-refractivity contribution in [3.05, 3.63) is 48.2 Å². The van der Waals surface area contributed by atoms with Gasteiger partial charge in [-0.1, -0.05) is 0 Å². The van der Waals surface area contributed by atoms with Crippen molar-refractivity contribution in [1.29, 1.82) is 0 Å². The Hall–Kier alpha value is -2.97. The van der Waals surface area contributed by atoms with Crippen LogP contribution in [-0.4, -0.2) is 35.8 Å². The molecule has 0 aliphatic carbocycles. The molecule has 0 fully saturated rings. The number of pyridine rings is 1. The predicted molar refractivity (Wildman–Crippen MR) is 104 cm³/mol. The monoisotopic (exact) mass is 408 g/mol. The first-order chi connectivity index (χ1) is 13.5. The van der Waals surface area contributed by atoms with Crippen LogP contribution in [0.25, 0.3) is 0 Å². The van der Waals surface area contributed by atoms with Gasteiger partial charge in [0, 0.05) is 25.0 Å². The number of nitrogens with one attached hydrogen (secondary N) is 2. The van der Waals surface area contributed by atoms with E-state index in [1.165, 1.54) is 12.1 Å². The van der Waals surface area contributed by atoms with Gasteiger partial charge in [-0.3, -0.25) is 0 Å². The molecule has 29 heavy (non-hydrogen) atoms. The minimum Gasteiger partial charge on any atom is -0.444 e. The summed E-state index contributed by atoms with van der Waals surface area (Å²) >= 11 is 0. The molecular formula is C20H23F3N4O2. The van der Waals surface area contributed by atoms with Crippen molar-refractivity contribution in [2.45, 2.75) is 38.6 Å². The standard InChI is InChI=1S/C20H23F3N4O2/c1-19(2,3)29-18(28)25-11-14-12-27(16-5-4-10-24-17(16)26-14)15-8-6-13(7-9-15)20(21,22)23/h4-10,14H,11-12H2,1-3H3,(H,24,26)(H,25,28)/t14-/m0/s1. The van der Waals surface area contributed by atoms with E-state index in [9.17, 15) is 18.0 Å². The summed E-state index contributed by atoms with van der Waals surface area (Å²) in [7, 11) is 0. The fourth-order valence-corrected chi connectivity index (χ4v) is 2.99. The summed E-state index contributed by atoms with van der Waals surface area (Å²) in [4.78, 5) is 18.1. The van der Waals surface area contributed by atoms with Gasteiger partial charge in [0.1, 0.15) is 11.4 Å². The maximum Gasteiger partial charge on any atom is 0.416 e. The number of alkyl halides is 3. The van der Waals surface area contributed by atoms with Crippen molar-refractivity contribution >= 4 is 23.3 Å². The minimum absolute atomic E-state index is 0.216. The van der Waals surface area contributed by atoms with Gasteiger partial charge < -0.3 is 20.3 Å². The third-order valence-corrected chi connectivity index (χ3v) is 4.22. The first-order valence-electron chi connectivity index (χ1n) is 9.16. The number of anilines is 3. The van der Waals surface area contributed by atoms with Gasteiger partial charge in [0.2, 0.25) is 0 Å². The van der Waals surface area contributed by atoms with Gasteiger partial charge >= 0.3 is 12.3 Å². The summed E-state index contributed by atoms with van der Waals surface area (Å²) in [6.45, 7) is 6.02. The van der Waals surface area contributed by atoms with E-state index < -0.39 is 23.4 Å². The predicted octanol–water partition coefficient (Wildman–Crippen LogP) is 4.56. The van der Waals surface area contributed by atoms with E-state index in [1.54, 1.807) is 33.0 Å². The zero-order valence-corrected chi connectivity index (χ0v) is 16.4. The number of amides is 1. The van der Waals surface area contributed by atoms with Crippen LogP contribution in [-0.2, 0) is 10.9 Å². The van der Waals surface area contributed by atoms with E-state index >= 15 is 0 Å². The Kier molecular flexibility index (Phi) is 5.59. The Balaban J connectivity index is 1.77. The van der Waals surface area contributed by atoms with Crippen LogP contribution in [0, 0.1) is 0 Å². The topological polar surface area (TPSA) is 66.5 Å². The Bertz CT molecular complexity index is 863. The summed E-state index contributed by atoms with van der Waals surface area (Å²) in [6.07, 6.45) is -3.30. The molecule has 2 heterocycles. The van der Waals surface area contributed by atoms with Crippen LogP contribution in [0.3, 0.4) is 0 Å². The molecule has 1 aromatic carbocycles. The lowest BCUT2D eigenvalue weighted by molar-refractivity contribution is -0.137. The van der Waals surface area contributed by atoms with Crippen molar-refractivity contribution < 1.29 is 22.7 Å². The number of carbonyl (C=O) groups excluding carboxylic acids is 1. The van der Waals surface area contributed by atoms with Crippen LogP contribution in [0.15, 0.2) is 42.6 Å². The highest BCUT2D eigenvalue weighted by atomic mass is 19.4. The molecule has 0 radical (unpaired) electrons. The second kappa shape index (κ2) is 7.81. The fraction of sp³-hybridized carbons (Fsp3) is 0.400. The number of rotatable bonds is 3. The SMILES string of the molecule is CC(C)(C)OC(=O)NC[C@H]1CN(c2ccc(C(F)(F)F)cc2)c2cccnc2N1. The number of benzene rings is 1. The summed E-state index contributed by atoms with van der Waals surface area (Å²) in [5.74, 6) is 0.592. The van der Waals surface area contributed by atoms with Crippen molar-refractivity contribution in [2.75, 3.05) is 23.3 Å². The van der Waals surface area contributed by atoms with Gasteiger partial charge in [-0.2, -0.15) is 13.2 Å². The third-order valence-electron chi connectivity index (χ3n) is 4.22. The fourth-order valence-electron chi connectivity index (χ4n) is 2.99. The molecule has 0 spiro atoms. The molecule has 2 N–H and O–H groups in total. The number of hydrogen-bond donors (Lipinski definition) is 2. The molecule has 9 heteroatoms. The average molecular weight is 408 g/mol. The molecule has 0 saturated heterocycles. The van der Waals surface area contributed by atoms with Crippen molar-refractivity contribution in [1.82, 2.24) is 10.3 Å². The van der Waals surface area contributed by atoms with Crippen molar-refractivity contribution in [3.63, 3.8) is 0 Å². The number of alkyl carbamates (subject to hydrolysis) is 1. The van der Waals surface area contributed by atoms with E-state index in [4.69, 9.17) is 4.74 Å². The number of carbonyl (C=O) groups is 1. The zero-order chi connectivity index (χ0) is 21.2. The van der Waals surface area contributed by atoms with E-state index in [1.807, 2.05) is 11.0 Å². The lowest BCUT2D eigenvalue weighted by atomic mass is 10.1. The number of fused-ring (bicyclic) bond motifs is 1. The molecule has 1 atom stereocenters. The maximum absolute atomic E-state index is 12.9.